The Morgan fingerprint density at radius 3 is 2.59 bits per heavy atom. The molecule has 1 aromatic carbocycles. The number of terminal acetylenes is 1. The summed E-state index contributed by atoms with van der Waals surface area (Å²) >= 11 is 0. The molecule has 0 heterocycles. The number of allylic oxidation sites excluding steroid dienone is 1. The van der Waals surface area contributed by atoms with Gasteiger partial charge in [-0.1, -0.05) is 30.3 Å². The van der Waals surface area contributed by atoms with Gasteiger partial charge in [0.2, 0.25) is 0 Å². The summed E-state index contributed by atoms with van der Waals surface area (Å²) in [7, 11) is 0. The fraction of sp³-hybridized carbons (Fsp3) is 0.353. The van der Waals surface area contributed by atoms with Crippen LogP contribution in [0.2, 0.25) is 0 Å². The molecule has 0 nitrogen and oxygen atoms in total. The lowest BCUT2D eigenvalue weighted by atomic mass is 10.0. The summed E-state index contributed by atoms with van der Waals surface area (Å²) in [5.41, 5.74) is 7.83. The normalized spacial score (nSPS) is 12.8. The Labute approximate surface area is 104 Å². The summed E-state index contributed by atoms with van der Waals surface area (Å²) in [6.07, 6.45) is 11.8. The molecule has 0 unspecified atom stereocenters. The molecule has 0 saturated heterocycles. The molecule has 0 radical (unpaired) electrons. The summed E-state index contributed by atoms with van der Waals surface area (Å²) < 4.78 is 0. The van der Waals surface area contributed by atoms with E-state index in [1.165, 1.54) is 29.6 Å². The molecule has 1 aliphatic rings. The summed E-state index contributed by atoms with van der Waals surface area (Å²) in [6, 6.07) is 10.6. The van der Waals surface area contributed by atoms with Crippen LogP contribution in [0.1, 0.15) is 37.7 Å². The molecule has 1 fully saturated rings. The molecule has 17 heavy (non-hydrogen) atoms. The first-order chi connectivity index (χ1) is 8.38. The van der Waals surface area contributed by atoms with Crippen molar-refractivity contribution in [2.75, 3.05) is 0 Å². The van der Waals surface area contributed by atoms with Crippen LogP contribution < -0.4 is 0 Å². The van der Waals surface area contributed by atoms with Gasteiger partial charge in [0.1, 0.15) is 0 Å². The van der Waals surface area contributed by atoms with E-state index in [9.17, 15) is 0 Å². The predicted octanol–water partition coefficient (Wildman–Crippen LogP) is 4.28. The van der Waals surface area contributed by atoms with Crippen molar-refractivity contribution < 1.29 is 0 Å². The Balaban J connectivity index is 2.02. The first kappa shape index (κ1) is 11.8. The van der Waals surface area contributed by atoms with Gasteiger partial charge in [0.05, 0.1) is 0 Å². The van der Waals surface area contributed by atoms with Gasteiger partial charge >= 0.3 is 0 Å². The van der Waals surface area contributed by atoms with Crippen molar-refractivity contribution in [3.8, 4) is 12.3 Å². The quantitative estimate of drug-likeness (QED) is 0.396. The van der Waals surface area contributed by atoms with E-state index in [1.807, 2.05) is 0 Å². The smallest absolute Gasteiger partial charge is 0.00893 e. The van der Waals surface area contributed by atoms with E-state index < -0.39 is 0 Å². The lowest BCUT2D eigenvalue weighted by Gasteiger charge is -2.04. The third kappa shape index (κ3) is 4.35. The summed E-state index contributed by atoms with van der Waals surface area (Å²) in [4.78, 5) is 0. The van der Waals surface area contributed by atoms with E-state index in [0.29, 0.717) is 0 Å². The highest BCUT2D eigenvalue weighted by molar-refractivity contribution is 5.25. The summed E-state index contributed by atoms with van der Waals surface area (Å²) in [5.74, 6) is 2.71. The van der Waals surface area contributed by atoms with Crippen LogP contribution in [0, 0.1) is 12.3 Å². The molecule has 0 heteroatoms. The fourth-order valence-corrected chi connectivity index (χ4v) is 1.88. The van der Waals surface area contributed by atoms with Crippen molar-refractivity contribution in [2.24, 2.45) is 0 Å². The molecule has 0 spiro atoms. The molecule has 0 bridgehead atoms. The molecule has 0 atom stereocenters. The van der Waals surface area contributed by atoms with Crippen LogP contribution in [-0.2, 0) is 6.42 Å². The number of rotatable bonds is 5. The highest BCUT2D eigenvalue weighted by Crippen LogP contribution is 2.27. The van der Waals surface area contributed by atoms with Crippen LogP contribution in [0.5, 0.6) is 0 Å². The van der Waals surface area contributed by atoms with Crippen LogP contribution in [-0.4, -0.2) is 0 Å². The largest absolute Gasteiger partial charge is 0.122 e. The molecule has 1 aliphatic carbocycles. The Kier molecular flexibility index (Phi) is 4.25. The average Bonchev–Trinajstić information content (AvgIpc) is 3.14. The summed E-state index contributed by atoms with van der Waals surface area (Å²) in [6.45, 7) is 0. The van der Waals surface area contributed by atoms with Gasteiger partial charge in [0, 0.05) is 12.8 Å². The molecule has 0 amide bonds. The number of benzene rings is 1. The monoisotopic (exact) mass is 222 g/mol. The third-order valence-corrected chi connectivity index (χ3v) is 2.91. The lowest BCUT2D eigenvalue weighted by Crippen LogP contribution is -1.90. The molecule has 86 valence electrons. The predicted molar refractivity (Wildman–Crippen MR) is 72.6 cm³/mol. The van der Waals surface area contributed by atoms with Gasteiger partial charge in [-0.3, -0.25) is 0 Å². The Hall–Kier alpha value is -1.70. The summed E-state index contributed by atoms with van der Waals surface area (Å²) in [5, 5.41) is 0. The van der Waals surface area contributed by atoms with Gasteiger partial charge in [-0.2, -0.15) is 0 Å². The average molecular weight is 222 g/mol. The zero-order valence-electron chi connectivity index (χ0n) is 10.2. The van der Waals surface area contributed by atoms with Crippen LogP contribution >= 0.6 is 0 Å². The number of hydrogen-bond acceptors (Lipinski definition) is 0. The molecular weight excluding hydrogens is 204 g/mol. The van der Waals surface area contributed by atoms with Gasteiger partial charge in [-0.25, -0.2) is 0 Å². The van der Waals surface area contributed by atoms with Gasteiger partial charge in [-0.05, 0) is 42.4 Å². The second-order valence-corrected chi connectivity index (χ2v) is 4.55. The number of unbranched alkanes of at least 4 members (excludes halogenated alkanes) is 1. The minimum Gasteiger partial charge on any atom is -0.122 e. The van der Waals surface area contributed by atoms with E-state index in [2.05, 4.69) is 42.0 Å². The SMILES string of the molecule is C#CCCCC(=C=C1CC1)Cc1ccccc1. The van der Waals surface area contributed by atoms with Crippen LogP contribution in [0.25, 0.3) is 0 Å². The van der Waals surface area contributed by atoms with E-state index in [4.69, 9.17) is 6.42 Å². The molecule has 0 aliphatic heterocycles. The minimum atomic E-state index is 0.870. The lowest BCUT2D eigenvalue weighted by molar-refractivity contribution is 0.824. The zero-order chi connectivity index (χ0) is 11.9. The maximum Gasteiger partial charge on any atom is 0.00893 e. The Morgan fingerprint density at radius 2 is 1.94 bits per heavy atom. The first-order valence-electron chi connectivity index (χ1n) is 6.32. The molecule has 0 N–H and O–H groups in total. The van der Waals surface area contributed by atoms with E-state index in [-0.39, 0.29) is 0 Å². The Bertz CT molecular complexity index is 459. The minimum absolute atomic E-state index is 0.870. The standard InChI is InChI=1S/C17H18/c1-2-3-5-10-17(14-16-11-12-16)13-15-8-6-4-7-9-15/h1,4,6-9H,3,5,10-13H2. The van der Waals surface area contributed by atoms with Crippen LogP contribution in [0.4, 0.5) is 0 Å². The van der Waals surface area contributed by atoms with Gasteiger partial charge < -0.3 is 0 Å². The third-order valence-electron chi connectivity index (χ3n) is 2.91. The van der Waals surface area contributed by atoms with Crippen LogP contribution in [0.3, 0.4) is 0 Å². The van der Waals surface area contributed by atoms with E-state index in [0.717, 1.165) is 25.7 Å². The molecule has 0 aromatic heterocycles. The van der Waals surface area contributed by atoms with Crippen molar-refractivity contribution in [3.05, 3.63) is 52.8 Å². The Morgan fingerprint density at radius 1 is 1.18 bits per heavy atom. The van der Waals surface area contributed by atoms with E-state index >= 15 is 0 Å². The van der Waals surface area contributed by atoms with Crippen molar-refractivity contribution in [2.45, 2.75) is 38.5 Å². The van der Waals surface area contributed by atoms with Gasteiger partial charge in [0.15, 0.2) is 0 Å². The van der Waals surface area contributed by atoms with Crippen molar-refractivity contribution in [1.29, 1.82) is 0 Å². The zero-order valence-corrected chi connectivity index (χ0v) is 10.2. The highest BCUT2D eigenvalue weighted by atomic mass is 14.1. The van der Waals surface area contributed by atoms with Crippen molar-refractivity contribution in [3.63, 3.8) is 0 Å². The molecular formula is C17H18. The number of hydrogen-bond donors (Lipinski definition) is 0. The molecule has 2 rings (SSSR count). The maximum atomic E-state index is 5.30. The first-order valence-corrected chi connectivity index (χ1v) is 6.32. The van der Waals surface area contributed by atoms with Crippen molar-refractivity contribution >= 4 is 0 Å². The fourth-order valence-electron chi connectivity index (χ4n) is 1.88. The molecule has 1 aromatic rings. The van der Waals surface area contributed by atoms with Gasteiger partial charge in [0.25, 0.3) is 0 Å². The van der Waals surface area contributed by atoms with Crippen molar-refractivity contribution in [1.82, 2.24) is 0 Å². The second kappa shape index (κ2) is 6.14. The highest BCUT2D eigenvalue weighted by Gasteiger charge is 2.10. The maximum absolute atomic E-state index is 5.30. The second-order valence-electron chi connectivity index (χ2n) is 4.55. The van der Waals surface area contributed by atoms with Crippen LogP contribution in [0.15, 0.2) is 47.2 Å². The van der Waals surface area contributed by atoms with E-state index in [1.54, 1.807) is 0 Å². The van der Waals surface area contributed by atoms with Gasteiger partial charge in [-0.15, -0.1) is 18.1 Å². The topological polar surface area (TPSA) is 0 Å². The molecule has 1 saturated carbocycles.